The number of methoxy groups -OCH3 is 1. The molecule has 146 valence electrons. The Balaban J connectivity index is 0.00000261. The van der Waals surface area contributed by atoms with Crippen molar-refractivity contribution in [2.45, 2.75) is 13.0 Å². The molecule has 0 fully saturated rings. The maximum Gasteiger partial charge on any atom is 0.257 e. The number of nitrogen functional groups attached to an aromatic ring is 1. The Labute approximate surface area is 169 Å². The van der Waals surface area contributed by atoms with Gasteiger partial charge in [0.2, 0.25) is 0 Å². The van der Waals surface area contributed by atoms with Crippen LogP contribution >= 0.6 is 24.0 Å². The van der Waals surface area contributed by atoms with E-state index in [1.807, 2.05) is 31.2 Å². The van der Waals surface area contributed by atoms with Crippen LogP contribution in [0.25, 0.3) is 0 Å². The van der Waals surface area contributed by atoms with Gasteiger partial charge in [0.15, 0.2) is 17.6 Å². The van der Waals surface area contributed by atoms with Crippen molar-refractivity contribution >= 4 is 35.6 Å². The predicted octanol–water partition coefficient (Wildman–Crippen LogP) is 3.65. The SMILES string of the molecule is CCN(CC1COc2ccccc2O1)C(=O)c1cc(Cl)c(N)cc1OC.Cl. The molecule has 1 atom stereocenters. The highest BCUT2D eigenvalue weighted by Crippen LogP contribution is 2.32. The molecule has 1 unspecified atom stereocenters. The molecule has 0 saturated heterocycles. The Bertz CT molecular complexity index is 816. The van der Waals surface area contributed by atoms with Crippen molar-refractivity contribution in [3.05, 3.63) is 47.0 Å². The largest absolute Gasteiger partial charge is 0.496 e. The third kappa shape index (κ3) is 4.51. The first-order valence-electron chi connectivity index (χ1n) is 8.34. The highest BCUT2D eigenvalue weighted by Gasteiger charge is 2.27. The van der Waals surface area contributed by atoms with Gasteiger partial charge in [0, 0.05) is 12.6 Å². The number of hydrogen-bond acceptors (Lipinski definition) is 5. The van der Waals surface area contributed by atoms with Crippen molar-refractivity contribution in [1.82, 2.24) is 4.90 Å². The summed E-state index contributed by atoms with van der Waals surface area (Å²) in [6.45, 7) is 3.17. The minimum absolute atomic E-state index is 0. The molecule has 2 aromatic rings. The number of halogens is 2. The second-order valence-electron chi connectivity index (χ2n) is 5.92. The van der Waals surface area contributed by atoms with Crippen molar-refractivity contribution < 1.29 is 19.0 Å². The second kappa shape index (κ2) is 9.06. The molecule has 2 aromatic carbocycles. The normalized spacial score (nSPS) is 14.9. The number of fused-ring (bicyclic) bond motifs is 1. The number of amides is 1. The van der Waals surface area contributed by atoms with Gasteiger partial charge in [-0.05, 0) is 25.1 Å². The van der Waals surface area contributed by atoms with Gasteiger partial charge in [-0.3, -0.25) is 4.79 Å². The number of carbonyl (C=O) groups is 1. The minimum atomic E-state index is -0.260. The summed E-state index contributed by atoms with van der Waals surface area (Å²) in [7, 11) is 1.49. The van der Waals surface area contributed by atoms with E-state index in [9.17, 15) is 4.79 Å². The standard InChI is InChI=1S/C19H21ClN2O4.ClH/c1-3-22(10-12-11-25-16-6-4-5-7-17(16)26-12)19(23)13-8-14(20)15(21)9-18(13)24-2;/h4-9,12H,3,10-11,21H2,1-2H3;1H. The molecule has 0 aliphatic carbocycles. The number of benzene rings is 2. The number of rotatable bonds is 5. The summed E-state index contributed by atoms with van der Waals surface area (Å²) in [5.41, 5.74) is 6.53. The molecule has 27 heavy (non-hydrogen) atoms. The van der Waals surface area contributed by atoms with Gasteiger partial charge in [0.05, 0.1) is 29.9 Å². The molecule has 0 spiro atoms. The molecule has 0 aromatic heterocycles. The maximum atomic E-state index is 13.0. The van der Waals surface area contributed by atoms with Gasteiger partial charge in [-0.25, -0.2) is 0 Å². The first-order chi connectivity index (χ1) is 12.5. The molecule has 3 rings (SSSR count). The van der Waals surface area contributed by atoms with E-state index in [2.05, 4.69) is 0 Å². The fraction of sp³-hybridized carbons (Fsp3) is 0.316. The van der Waals surface area contributed by atoms with Gasteiger partial charge in [-0.2, -0.15) is 0 Å². The Morgan fingerprint density at radius 1 is 1.33 bits per heavy atom. The van der Waals surface area contributed by atoms with Crippen LogP contribution in [0.3, 0.4) is 0 Å². The van der Waals surface area contributed by atoms with Gasteiger partial charge in [-0.15, -0.1) is 12.4 Å². The fourth-order valence-corrected chi connectivity index (χ4v) is 2.99. The number of anilines is 1. The van der Waals surface area contributed by atoms with Crippen molar-refractivity contribution in [3.63, 3.8) is 0 Å². The molecule has 2 N–H and O–H groups in total. The first kappa shape index (κ1) is 21.0. The van der Waals surface area contributed by atoms with E-state index in [-0.39, 0.29) is 24.4 Å². The van der Waals surface area contributed by atoms with Crippen molar-refractivity contribution in [1.29, 1.82) is 0 Å². The van der Waals surface area contributed by atoms with E-state index in [1.165, 1.54) is 13.2 Å². The second-order valence-corrected chi connectivity index (χ2v) is 6.32. The third-order valence-electron chi connectivity index (χ3n) is 4.21. The quantitative estimate of drug-likeness (QED) is 0.758. The van der Waals surface area contributed by atoms with Gasteiger partial charge in [-0.1, -0.05) is 23.7 Å². The molecule has 0 bridgehead atoms. The Hall–Kier alpha value is -2.31. The lowest BCUT2D eigenvalue weighted by atomic mass is 10.1. The van der Waals surface area contributed by atoms with Crippen molar-refractivity contribution in [2.75, 3.05) is 32.5 Å². The molecule has 1 heterocycles. The van der Waals surface area contributed by atoms with Crippen molar-refractivity contribution in [2.24, 2.45) is 0 Å². The van der Waals surface area contributed by atoms with Gasteiger partial charge in [0.1, 0.15) is 12.4 Å². The van der Waals surface area contributed by atoms with E-state index < -0.39 is 0 Å². The Morgan fingerprint density at radius 2 is 2.04 bits per heavy atom. The van der Waals surface area contributed by atoms with Crippen molar-refractivity contribution in [3.8, 4) is 17.2 Å². The summed E-state index contributed by atoms with van der Waals surface area (Å²) in [5.74, 6) is 1.58. The molecular formula is C19H22Cl2N2O4. The Morgan fingerprint density at radius 3 is 2.70 bits per heavy atom. The van der Waals surface area contributed by atoms with Crippen LogP contribution in [-0.4, -0.2) is 43.7 Å². The zero-order chi connectivity index (χ0) is 18.7. The van der Waals surface area contributed by atoms with Crippen LogP contribution in [0.4, 0.5) is 5.69 Å². The molecule has 0 saturated carbocycles. The smallest absolute Gasteiger partial charge is 0.257 e. The summed E-state index contributed by atoms with van der Waals surface area (Å²) < 4.78 is 17.0. The summed E-state index contributed by atoms with van der Waals surface area (Å²) >= 11 is 6.09. The Kier molecular flexibility index (Phi) is 7.05. The lowest BCUT2D eigenvalue weighted by molar-refractivity contribution is 0.0473. The number of carbonyl (C=O) groups excluding carboxylic acids is 1. The van der Waals surface area contributed by atoms with Gasteiger partial charge >= 0.3 is 0 Å². The molecule has 1 amide bonds. The summed E-state index contributed by atoms with van der Waals surface area (Å²) in [4.78, 5) is 14.7. The summed E-state index contributed by atoms with van der Waals surface area (Å²) in [5, 5.41) is 0.316. The average Bonchev–Trinajstić information content (AvgIpc) is 2.67. The van der Waals surface area contributed by atoms with E-state index >= 15 is 0 Å². The van der Waals surface area contributed by atoms with E-state index in [0.29, 0.717) is 53.2 Å². The molecule has 6 nitrogen and oxygen atoms in total. The van der Waals surface area contributed by atoms with Crippen LogP contribution in [0, 0.1) is 0 Å². The van der Waals surface area contributed by atoms with Crippen LogP contribution in [0.2, 0.25) is 5.02 Å². The van der Waals surface area contributed by atoms with E-state index in [4.69, 9.17) is 31.5 Å². The van der Waals surface area contributed by atoms with E-state index in [1.54, 1.807) is 11.0 Å². The van der Waals surface area contributed by atoms with Crippen LogP contribution in [0.1, 0.15) is 17.3 Å². The molecule has 1 aliphatic rings. The van der Waals surface area contributed by atoms with Gasteiger partial charge in [0.25, 0.3) is 5.91 Å². The molecule has 1 aliphatic heterocycles. The van der Waals surface area contributed by atoms with Crippen LogP contribution in [0.5, 0.6) is 17.2 Å². The number of ether oxygens (including phenoxy) is 3. The average molecular weight is 413 g/mol. The number of nitrogens with zero attached hydrogens (tertiary/aromatic N) is 1. The number of nitrogens with two attached hydrogens (primary N) is 1. The lowest BCUT2D eigenvalue weighted by Gasteiger charge is -2.31. The number of para-hydroxylation sites is 2. The summed E-state index contributed by atoms with van der Waals surface area (Å²) in [6.07, 6.45) is -0.260. The minimum Gasteiger partial charge on any atom is -0.496 e. The zero-order valence-electron chi connectivity index (χ0n) is 15.1. The summed E-state index contributed by atoms with van der Waals surface area (Å²) in [6, 6.07) is 10.6. The fourth-order valence-electron chi connectivity index (χ4n) is 2.83. The molecule has 8 heteroatoms. The van der Waals surface area contributed by atoms with Crippen LogP contribution < -0.4 is 19.9 Å². The first-order valence-corrected chi connectivity index (χ1v) is 8.72. The van der Waals surface area contributed by atoms with Crippen LogP contribution in [-0.2, 0) is 0 Å². The number of hydrogen-bond donors (Lipinski definition) is 1. The highest BCUT2D eigenvalue weighted by molar-refractivity contribution is 6.33. The third-order valence-corrected chi connectivity index (χ3v) is 4.54. The van der Waals surface area contributed by atoms with Gasteiger partial charge < -0.3 is 24.8 Å². The maximum absolute atomic E-state index is 13.0. The topological polar surface area (TPSA) is 74.0 Å². The predicted molar refractivity (Wildman–Crippen MR) is 108 cm³/mol. The molecule has 0 radical (unpaired) electrons. The monoisotopic (exact) mass is 412 g/mol. The van der Waals surface area contributed by atoms with Crippen LogP contribution in [0.15, 0.2) is 36.4 Å². The molecular weight excluding hydrogens is 391 g/mol. The lowest BCUT2D eigenvalue weighted by Crippen LogP contribution is -2.43. The number of likely N-dealkylation sites (N-methyl/N-ethyl adjacent to an activating group) is 1. The highest BCUT2D eigenvalue weighted by atomic mass is 35.5. The van der Waals surface area contributed by atoms with E-state index in [0.717, 1.165) is 0 Å². The zero-order valence-corrected chi connectivity index (χ0v) is 16.7.